The quantitative estimate of drug-likeness (QED) is 0.0314. The van der Waals surface area contributed by atoms with Gasteiger partial charge in [-0.15, -0.1) is 0 Å². The molecule has 7 unspecified atom stereocenters. The molecule has 7 atom stereocenters. The summed E-state index contributed by atoms with van der Waals surface area (Å²) >= 11 is 0. The average molecular weight is 710 g/mol. The van der Waals surface area contributed by atoms with Crippen molar-refractivity contribution in [2.45, 2.75) is 204 Å². The molecule has 1 fully saturated rings. The van der Waals surface area contributed by atoms with Gasteiger partial charge in [0, 0.05) is 6.42 Å². The van der Waals surface area contributed by atoms with E-state index in [1.54, 1.807) is 6.08 Å². The van der Waals surface area contributed by atoms with Crippen LogP contribution in [-0.2, 0) is 14.3 Å². The number of rotatable bonds is 32. The zero-order chi connectivity index (χ0) is 36.7. The molecule has 1 aliphatic rings. The molecule has 1 heterocycles. The predicted octanol–water partition coefficient (Wildman–Crippen LogP) is 7.33. The first-order valence-electron chi connectivity index (χ1n) is 20.2. The Morgan fingerprint density at radius 3 is 1.64 bits per heavy atom. The lowest BCUT2D eigenvalue weighted by atomic mass is 9.99. The van der Waals surface area contributed by atoms with Crippen LogP contribution < -0.4 is 5.32 Å². The van der Waals surface area contributed by atoms with Crippen LogP contribution in [0.15, 0.2) is 36.5 Å². The number of allylic oxidation sites excluding steroid dienone is 5. The summed E-state index contributed by atoms with van der Waals surface area (Å²) in [6.07, 6.45) is 30.5. The molecule has 0 aromatic rings. The maximum atomic E-state index is 12.9. The van der Waals surface area contributed by atoms with Crippen molar-refractivity contribution in [3.63, 3.8) is 0 Å². The Morgan fingerprint density at radius 2 is 1.14 bits per heavy atom. The lowest BCUT2D eigenvalue weighted by molar-refractivity contribution is -0.302. The van der Waals surface area contributed by atoms with E-state index in [4.69, 9.17) is 9.47 Å². The fourth-order valence-electron chi connectivity index (χ4n) is 6.13. The molecule has 0 bridgehead atoms. The van der Waals surface area contributed by atoms with Gasteiger partial charge in [-0.25, -0.2) is 0 Å². The first kappa shape index (κ1) is 46.4. The highest BCUT2D eigenvalue weighted by atomic mass is 16.7. The summed E-state index contributed by atoms with van der Waals surface area (Å²) in [5.74, 6) is -0.193. The molecule has 50 heavy (non-hydrogen) atoms. The fourth-order valence-corrected chi connectivity index (χ4v) is 6.13. The summed E-state index contributed by atoms with van der Waals surface area (Å²) in [5.41, 5.74) is 0. The molecule has 0 aromatic carbocycles. The van der Waals surface area contributed by atoms with Crippen LogP contribution in [0.3, 0.4) is 0 Å². The number of aliphatic hydroxyl groups excluding tert-OH is 5. The third-order valence-corrected chi connectivity index (χ3v) is 9.43. The van der Waals surface area contributed by atoms with Crippen molar-refractivity contribution in [3.05, 3.63) is 36.5 Å². The Bertz CT molecular complexity index is 879. The molecule has 6 N–H and O–H groups in total. The van der Waals surface area contributed by atoms with Crippen molar-refractivity contribution in [3.8, 4) is 0 Å². The van der Waals surface area contributed by atoms with Crippen LogP contribution >= 0.6 is 0 Å². The number of unbranched alkanes of at least 4 members (excludes halogenated alkanes) is 18. The largest absolute Gasteiger partial charge is 0.394 e. The van der Waals surface area contributed by atoms with Crippen molar-refractivity contribution in [1.29, 1.82) is 0 Å². The minimum atomic E-state index is -1.57. The molecular formula is C41H75NO8. The van der Waals surface area contributed by atoms with Gasteiger partial charge in [0.2, 0.25) is 5.91 Å². The number of nitrogens with one attached hydrogen (secondary N) is 1. The zero-order valence-corrected chi connectivity index (χ0v) is 31.6. The Balaban J connectivity index is 2.42. The van der Waals surface area contributed by atoms with E-state index in [1.807, 2.05) is 6.08 Å². The second kappa shape index (κ2) is 32.1. The topological polar surface area (TPSA) is 149 Å². The second-order valence-corrected chi connectivity index (χ2v) is 14.1. The molecule has 1 rings (SSSR count). The molecule has 292 valence electrons. The molecule has 0 spiro atoms. The van der Waals surface area contributed by atoms with E-state index in [1.165, 1.54) is 83.5 Å². The van der Waals surface area contributed by atoms with Crippen LogP contribution in [0.4, 0.5) is 0 Å². The number of aliphatic hydroxyl groups is 5. The normalized spacial score (nSPS) is 22.6. The van der Waals surface area contributed by atoms with E-state index >= 15 is 0 Å². The van der Waals surface area contributed by atoms with E-state index < -0.39 is 49.5 Å². The highest BCUT2D eigenvalue weighted by Crippen LogP contribution is 2.22. The van der Waals surface area contributed by atoms with Crippen molar-refractivity contribution < 1.29 is 39.8 Å². The van der Waals surface area contributed by atoms with Crippen LogP contribution in [-0.4, -0.2) is 87.5 Å². The molecule has 0 saturated carbocycles. The number of ether oxygens (including phenoxy) is 2. The first-order chi connectivity index (χ1) is 24.3. The van der Waals surface area contributed by atoms with Gasteiger partial charge in [-0.05, 0) is 38.5 Å². The summed E-state index contributed by atoms with van der Waals surface area (Å²) in [4.78, 5) is 12.9. The van der Waals surface area contributed by atoms with Gasteiger partial charge >= 0.3 is 0 Å². The van der Waals surface area contributed by atoms with Gasteiger partial charge in [-0.3, -0.25) is 4.79 Å². The first-order valence-corrected chi connectivity index (χ1v) is 20.2. The van der Waals surface area contributed by atoms with Gasteiger partial charge in [0.15, 0.2) is 6.29 Å². The van der Waals surface area contributed by atoms with Gasteiger partial charge in [0.25, 0.3) is 0 Å². The summed E-state index contributed by atoms with van der Waals surface area (Å²) < 4.78 is 11.1. The van der Waals surface area contributed by atoms with Crippen molar-refractivity contribution in [2.75, 3.05) is 13.2 Å². The number of amides is 1. The number of hydrogen-bond donors (Lipinski definition) is 6. The maximum absolute atomic E-state index is 12.9. The molecule has 0 aliphatic carbocycles. The molecule has 9 nitrogen and oxygen atoms in total. The van der Waals surface area contributed by atoms with E-state index in [-0.39, 0.29) is 12.5 Å². The van der Waals surface area contributed by atoms with Crippen LogP contribution in [0.25, 0.3) is 0 Å². The van der Waals surface area contributed by atoms with Crippen LogP contribution in [0.5, 0.6) is 0 Å². The fraction of sp³-hybridized carbons (Fsp3) is 0.829. The molecule has 1 amide bonds. The molecule has 1 aliphatic heterocycles. The lowest BCUT2D eigenvalue weighted by Crippen LogP contribution is -2.60. The van der Waals surface area contributed by atoms with Crippen molar-refractivity contribution in [2.24, 2.45) is 0 Å². The monoisotopic (exact) mass is 710 g/mol. The summed E-state index contributed by atoms with van der Waals surface area (Å²) in [5, 5.41) is 53.9. The number of carbonyl (C=O) groups is 1. The Hall–Kier alpha value is -1.59. The highest BCUT2D eigenvalue weighted by Gasteiger charge is 2.44. The van der Waals surface area contributed by atoms with Crippen molar-refractivity contribution in [1.82, 2.24) is 5.32 Å². The standard InChI is InChI=1S/C41H75NO8/c1-3-5-7-9-11-13-15-16-17-18-19-21-23-25-27-29-31-37(45)42-34(33-49-41-40(48)39(47)38(46)36(32-43)50-41)35(44)30-28-26-24-22-20-14-12-10-8-6-4-2/h8,10,20,22,28,30,34-36,38-41,43-44,46-48H,3-7,9,11-19,21,23-27,29,31-33H2,1-2H3,(H,42,45)/b10-8+,22-20+,30-28+. The molecule has 0 radical (unpaired) electrons. The SMILES string of the molecule is CCC/C=C/CC/C=C/CC/C=C/C(O)C(COC1OC(CO)C(O)C(O)C1O)NC(=O)CCCCCCCCCCCCCCCCCC. The van der Waals surface area contributed by atoms with E-state index in [2.05, 4.69) is 43.5 Å². The molecular weight excluding hydrogens is 634 g/mol. The number of hydrogen-bond acceptors (Lipinski definition) is 8. The Morgan fingerprint density at radius 1 is 0.660 bits per heavy atom. The average Bonchev–Trinajstić information content (AvgIpc) is 3.11. The van der Waals surface area contributed by atoms with Crippen molar-refractivity contribution >= 4 is 5.91 Å². The van der Waals surface area contributed by atoms with Gasteiger partial charge in [-0.2, -0.15) is 0 Å². The Kier molecular flexibility index (Phi) is 29.8. The molecule has 9 heteroatoms. The zero-order valence-electron chi connectivity index (χ0n) is 31.6. The smallest absolute Gasteiger partial charge is 0.220 e. The van der Waals surface area contributed by atoms with E-state index in [0.717, 1.165) is 57.8 Å². The highest BCUT2D eigenvalue weighted by molar-refractivity contribution is 5.76. The van der Waals surface area contributed by atoms with Gasteiger partial charge in [-0.1, -0.05) is 153 Å². The molecule has 0 aromatic heterocycles. The summed E-state index contributed by atoms with van der Waals surface area (Å²) in [7, 11) is 0. The van der Waals surface area contributed by atoms with E-state index in [0.29, 0.717) is 6.42 Å². The second-order valence-electron chi connectivity index (χ2n) is 14.1. The van der Waals surface area contributed by atoms with E-state index in [9.17, 15) is 30.3 Å². The van der Waals surface area contributed by atoms with Gasteiger partial charge < -0.3 is 40.3 Å². The number of carbonyl (C=O) groups excluding carboxylic acids is 1. The third-order valence-electron chi connectivity index (χ3n) is 9.43. The third kappa shape index (κ3) is 23.1. The summed E-state index contributed by atoms with van der Waals surface area (Å²) in [6, 6.07) is -0.822. The minimum absolute atomic E-state index is 0.193. The lowest BCUT2D eigenvalue weighted by Gasteiger charge is -2.40. The molecule has 1 saturated heterocycles. The van der Waals surface area contributed by atoms with Crippen LogP contribution in [0.1, 0.15) is 162 Å². The predicted molar refractivity (Wildman–Crippen MR) is 203 cm³/mol. The Labute approximate surface area is 304 Å². The van der Waals surface area contributed by atoms with Gasteiger partial charge in [0.05, 0.1) is 25.4 Å². The minimum Gasteiger partial charge on any atom is -0.394 e. The van der Waals surface area contributed by atoms with Gasteiger partial charge in [0.1, 0.15) is 24.4 Å². The maximum Gasteiger partial charge on any atom is 0.220 e. The summed E-state index contributed by atoms with van der Waals surface area (Å²) in [6.45, 7) is 3.65. The van der Waals surface area contributed by atoms with Crippen LogP contribution in [0, 0.1) is 0 Å². The van der Waals surface area contributed by atoms with Crippen LogP contribution in [0.2, 0.25) is 0 Å².